The van der Waals surface area contributed by atoms with Gasteiger partial charge in [0, 0.05) is 51.5 Å². The molecule has 0 bridgehead atoms. The average Bonchev–Trinajstić information content (AvgIpc) is 3.07. The average molecular weight is 406 g/mol. The van der Waals surface area contributed by atoms with Crippen molar-refractivity contribution in [3.63, 3.8) is 0 Å². The molecule has 1 unspecified atom stereocenters. The molecule has 162 valence electrons. The van der Waals surface area contributed by atoms with Crippen LogP contribution in [0.15, 0.2) is 23.3 Å². The number of aromatic nitrogens is 1. The minimum Gasteiger partial charge on any atom is -0.357 e. The highest BCUT2D eigenvalue weighted by Crippen LogP contribution is 2.20. The van der Waals surface area contributed by atoms with Crippen LogP contribution in [0.1, 0.15) is 26.2 Å². The van der Waals surface area contributed by atoms with Crippen molar-refractivity contribution in [2.45, 2.75) is 32.2 Å². The van der Waals surface area contributed by atoms with E-state index in [-0.39, 0.29) is 11.9 Å². The molecular weight excluding hydrogens is 369 g/mol. The van der Waals surface area contributed by atoms with Gasteiger partial charge in [-0.3, -0.25) is 4.99 Å². The Bertz CT molecular complexity index is 654. The Hall–Kier alpha value is -1.93. The van der Waals surface area contributed by atoms with Crippen molar-refractivity contribution in [3.8, 4) is 0 Å². The van der Waals surface area contributed by atoms with Crippen LogP contribution in [0.3, 0.4) is 0 Å². The Balaban J connectivity index is 1.44. The van der Waals surface area contributed by atoms with E-state index in [1.807, 2.05) is 4.90 Å². The van der Waals surface area contributed by atoms with Crippen molar-refractivity contribution in [2.24, 2.45) is 4.99 Å². The van der Waals surface area contributed by atoms with E-state index in [2.05, 4.69) is 39.4 Å². The molecule has 0 saturated carbocycles. The molecule has 2 aliphatic heterocycles. The maximum atomic E-state index is 14.0. The number of hydrogen-bond donors (Lipinski definition) is 2. The molecule has 3 rings (SSSR count). The molecule has 2 N–H and O–H groups in total. The first-order valence-corrected chi connectivity index (χ1v) is 11.0. The van der Waals surface area contributed by atoms with E-state index in [1.54, 1.807) is 12.3 Å². The van der Waals surface area contributed by atoms with Crippen LogP contribution in [0.4, 0.5) is 10.2 Å². The lowest BCUT2D eigenvalue weighted by molar-refractivity contribution is 0.275. The molecule has 2 saturated heterocycles. The summed E-state index contributed by atoms with van der Waals surface area (Å²) < 4.78 is 14.0. The molecule has 3 heterocycles. The summed E-state index contributed by atoms with van der Waals surface area (Å²) >= 11 is 0. The third-order valence-electron chi connectivity index (χ3n) is 5.63. The van der Waals surface area contributed by atoms with Crippen LogP contribution in [0.2, 0.25) is 0 Å². The Morgan fingerprint density at radius 3 is 3.00 bits per heavy atom. The van der Waals surface area contributed by atoms with Gasteiger partial charge in [0.05, 0.1) is 0 Å². The zero-order valence-electron chi connectivity index (χ0n) is 17.9. The number of guanidine groups is 1. The van der Waals surface area contributed by atoms with Crippen LogP contribution in [0, 0.1) is 5.82 Å². The van der Waals surface area contributed by atoms with E-state index in [1.165, 1.54) is 25.6 Å². The zero-order chi connectivity index (χ0) is 20.5. The van der Waals surface area contributed by atoms with Crippen LogP contribution in [0.5, 0.6) is 0 Å². The Kier molecular flexibility index (Phi) is 8.49. The summed E-state index contributed by atoms with van der Waals surface area (Å²) in [5.74, 6) is 1.05. The lowest BCUT2D eigenvalue weighted by atomic mass is 10.3. The maximum absolute atomic E-state index is 14.0. The molecule has 2 fully saturated rings. The number of rotatable bonds is 7. The molecule has 7 nitrogen and oxygen atoms in total. The van der Waals surface area contributed by atoms with Crippen LogP contribution >= 0.6 is 0 Å². The Morgan fingerprint density at radius 2 is 2.17 bits per heavy atom. The van der Waals surface area contributed by atoms with Gasteiger partial charge in [-0.15, -0.1) is 0 Å². The minimum absolute atomic E-state index is 0.246. The van der Waals surface area contributed by atoms with E-state index in [0.717, 1.165) is 64.6 Å². The number of hydrogen-bond acceptors (Lipinski definition) is 5. The number of anilines is 1. The summed E-state index contributed by atoms with van der Waals surface area (Å²) in [6.45, 7) is 11.1. The molecule has 1 atom stereocenters. The van der Waals surface area contributed by atoms with Gasteiger partial charge < -0.3 is 25.3 Å². The molecule has 0 amide bonds. The topological polar surface area (TPSA) is 59.0 Å². The van der Waals surface area contributed by atoms with Crippen LogP contribution in [-0.2, 0) is 0 Å². The summed E-state index contributed by atoms with van der Waals surface area (Å²) in [5, 5.41) is 6.86. The number of likely N-dealkylation sites (N-methyl/N-ethyl adjacent to an activating group) is 1. The SMILES string of the molecule is CCNC(=NCCCN1CCCN(C)CC1)NC1CCN(c2ncccc2F)C1. The molecule has 2 aliphatic rings. The standard InChI is InChI=1S/C21H36FN7/c1-3-23-21(25-10-5-12-28-13-6-11-27(2)15-16-28)26-18-8-14-29(17-18)20-19(22)7-4-9-24-20/h4,7,9,18H,3,5-6,8,10-17H2,1-2H3,(H2,23,25,26). The Labute approximate surface area is 174 Å². The molecule has 1 aromatic rings. The van der Waals surface area contributed by atoms with E-state index < -0.39 is 0 Å². The fraction of sp³-hybridized carbons (Fsp3) is 0.714. The summed E-state index contributed by atoms with van der Waals surface area (Å²) in [6, 6.07) is 3.34. The van der Waals surface area contributed by atoms with Crippen molar-refractivity contribution in [1.29, 1.82) is 0 Å². The summed E-state index contributed by atoms with van der Waals surface area (Å²) in [6.07, 6.45) is 4.91. The largest absolute Gasteiger partial charge is 0.357 e. The smallest absolute Gasteiger partial charge is 0.191 e. The van der Waals surface area contributed by atoms with Gasteiger partial charge in [-0.25, -0.2) is 9.37 Å². The van der Waals surface area contributed by atoms with Crippen molar-refractivity contribution >= 4 is 11.8 Å². The summed E-state index contributed by atoms with van der Waals surface area (Å²) in [5.41, 5.74) is 0. The van der Waals surface area contributed by atoms with Gasteiger partial charge in [-0.05, 0) is 65.0 Å². The van der Waals surface area contributed by atoms with Gasteiger partial charge in [-0.2, -0.15) is 0 Å². The Morgan fingerprint density at radius 1 is 1.28 bits per heavy atom. The zero-order valence-corrected chi connectivity index (χ0v) is 17.9. The quantitative estimate of drug-likeness (QED) is 0.406. The molecule has 0 spiro atoms. The predicted molar refractivity (Wildman–Crippen MR) is 117 cm³/mol. The van der Waals surface area contributed by atoms with Crippen molar-refractivity contribution in [1.82, 2.24) is 25.4 Å². The van der Waals surface area contributed by atoms with Gasteiger partial charge in [0.1, 0.15) is 0 Å². The predicted octanol–water partition coefficient (Wildman–Crippen LogP) is 1.38. The molecule has 8 heteroatoms. The first-order chi connectivity index (χ1) is 14.2. The van der Waals surface area contributed by atoms with E-state index in [9.17, 15) is 4.39 Å². The summed E-state index contributed by atoms with van der Waals surface area (Å²) in [4.78, 5) is 15.9. The van der Waals surface area contributed by atoms with E-state index >= 15 is 0 Å². The lowest BCUT2D eigenvalue weighted by Gasteiger charge is -2.21. The van der Waals surface area contributed by atoms with Gasteiger partial charge in [-0.1, -0.05) is 0 Å². The summed E-state index contributed by atoms with van der Waals surface area (Å²) in [7, 11) is 2.20. The van der Waals surface area contributed by atoms with Crippen molar-refractivity contribution in [2.75, 3.05) is 70.9 Å². The first kappa shape index (κ1) is 21.8. The molecule has 0 aliphatic carbocycles. The fourth-order valence-electron chi connectivity index (χ4n) is 4.00. The van der Waals surface area contributed by atoms with Gasteiger partial charge in [0.2, 0.25) is 0 Å². The second-order valence-electron chi connectivity index (χ2n) is 8.00. The minimum atomic E-state index is -0.256. The first-order valence-electron chi connectivity index (χ1n) is 11.0. The third kappa shape index (κ3) is 6.82. The lowest BCUT2D eigenvalue weighted by Crippen LogP contribution is -2.44. The van der Waals surface area contributed by atoms with Gasteiger partial charge in [0.25, 0.3) is 0 Å². The number of nitrogens with zero attached hydrogens (tertiary/aromatic N) is 5. The molecule has 0 aromatic carbocycles. The van der Waals surface area contributed by atoms with E-state index in [4.69, 9.17) is 4.99 Å². The number of pyridine rings is 1. The number of aliphatic imine (C=N–C) groups is 1. The molecule has 29 heavy (non-hydrogen) atoms. The van der Waals surface area contributed by atoms with Gasteiger partial charge in [0.15, 0.2) is 17.6 Å². The van der Waals surface area contributed by atoms with E-state index in [0.29, 0.717) is 5.82 Å². The normalized spacial score (nSPS) is 22.0. The second-order valence-corrected chi connectivity index (χ2v) is 8.00. The molecule has 1 aromatic heterocycles. The molecular formula is C21H36FN7. The highest BCUT2D eigenvalue weighted by molar-refractivity contribution is 5.80. The third-order valence-corrected chi connectivity index (χ3v) is 5.63. The highest BCUT2D eigenvalue weighted by atomic mass is 19.1. The number of nitrogens with one attached hydrogen (secondary N) is 2. The highest BCUT2D eigenvalue weighted by Gasteiger charge is 2.25. The number of halogens is 1. The van der Waals surface area contributed by atoms with Gasteiger partial charge >= 0.3 is 0 Å². The monoisotopic (exact) mass is 405 g/mol. The maximum Gasteiger partial charge on any atom is 0.191 e. The van der Waals surface area contributed by atoms with Crippen molar-refractivity contribution in [3.05, 3.63) is 24.1 Å². The van der Waals surface area contributed by atoms with Crippen LogP contribution in [0.25, 0.3) is 0 Å². The fourth-order valence-corrected chi connectivity index (χ4v) is 4.00. The van der Waals surface area contributed by atoms with Crippen molar-refractivity contribution < 1.29 is 4.39 Å². The van der Waals surface area contributed by atoms with Crippen LogP contribution in [-0.4, -0.2) is 92.7 Å². The second kappa shape index (κ2) is 11.3. The molecule has 0 radical (unpaired) electrons. The van der Waals surface area contributed by atoms with Crippen LogP contribution < -0.4 is 15.5 Å².